The van der Waals surface area contributed by atoms with E-state index < -0.39 is 12.7 Å². The highest BCUT2D eigenvalue weighted by atomic mass is 19.4. The van der Waals surface area contributed by atoms with Crippen molar-refractivity contribution in [3.8, 4) is 11.5 Å². The Morgan fingerprint density at radius 1 is 1.13 bits per heavy atom. The summed E-state index contributed by atoms with van der Waals surface area (Å²) in [6.07, 6.45) is -2.45. The maximum atomic E-state index is 13.0. The van der Waals surface area contributed by atoms with Gasteiger partial charge in [0.1, 0.15) is 19.8 Å². The number of halogens is 3. The van der Waals surface area contributed by atoms with Crippen molar-refractivity contribution in [3.05, 3.63) is 46.8 Å². The second kappa shape index (κ2) is 7.98. The number of carbonyl (C=O) groups is 1. The largest absolute Gasteiger partial charge is 0.486 e. The molecule has 0 bridgehead atoms. The highest BCUT2D eigenvalue weighted by Crippen LogP contribution is 2.38. The van der Waals surface area contributed by atoms with Crippen LogP contribution in [-0.4, -0.2) is 47.7 Å². The first kappa shape index (κ1) is 20.8. The van der Waals surface area contributed by atoms with Crippen LogP contribution in [0.3, 0.4) is 0 Å². The molecule has 2 aromatic rings. The molecule has 2 aliphatic heterocycles. The standard InChI is InChI=1S/C22H25F3N2O3/c1-14-10-17(15(2)27(14)13-22(23,24)25)19(28)12-26-7-3-4-18(26)16-5-6-20-21(11-16)30-9-8-29-20/h5-6,10-11,18H,3-4,7-9,12-13H2,1-2H3. The number of rotatable bonds is 5. The first-order valence-corrected chi connectivity index (χ1v) is 10.1. The van der Waals surface area contributed by atoms with E-state index in [4.69, 9.17) is 9.47 Å². The van der Waals surface area contributed by atoms with Crippen LogP contribution < -0.4 is 9.47 Å². The maximum Gasteiger partial charge on any atom is 0.406 e. The molecule has 0 amide bonds. The van der Waals surface area contributed by atoms with Crippen molar-refractivity contribution in [2.75, 3.05) is 26.3 Å². The fraction of sp³-hybridized carbons (Fsp3) is 0.500. The van der Waals surface area contributed by atoms with Gasteiger partial charge in [0.15, 0.2) is 17.3 Å². The summed E-state index contributed by atoms with van der Waals surface area (Å²) in [5.74, 6) is 1.29. The Kier molecular flexibility index (Phi) is 5.53. The lowest BCUT2D eigenvalue weighted by atomic mass is 10.0. The van der Waals surface area contributed by atoms with Crippen LogP contribution in [0.2, 0.25) is 0 Å². The number of Topliss-reactive ketones (excluding diaryl/α,β-unsaturated/α-hetero) is 1. The molecular formula is C22H25F3N2O3. The zero-order valence-corrected chi connectivity index (χ0v) is 17.1. The second-order valence-electron chi connectivity index (χ2n) is 7.94. The molecule has 1 unspecified atom stereocenters. The number of nitrogens with zero attached hydrogens (tertiary/aromatic N) is 2. The molecule has 8 heteroatoms. The minimum atomic E-state index is -4.33. The molecule has 1 fully saturated rings. The normalized spacial score (nSPS) is 19.3. The number of ketones is 1. The summed E-state index contributed by atoms with van der Waals surface area (Å²) >= 11 is 0. The zero-order chi connectivity index (χ0) is 21.5. The molecule has 0 radical (unpaired) electrons. The average molecular weight is 422 g/mol. The minimum Gasteiger partial charge on any atom is -0.486 e. The second-order valence-corrected chi connectivity index (χ2v) is 7.94. The topological polar surface area (TPSA) is 43.7 Å². The number of aromatic nitrogens is 1. The molecule has 1 aromatic heterocycles. The molecule has 0 N–H and O–H groups in total. The van der Waals surface area contributed by atoms with Crippen molar-refractivity contribution >= 4 is 5.78 Å². The Hall–Kier alpha value is -2.48. The molecule has 1 aromatic carbocycles. The molecule has 3 heterocycles. The van der Waals surface area contributed by atoms with E-state index in [1.807, 2.05) is 18.2 Å². The van der Waals surface area contributed by atoms with E-state index in [0.717, 1.165) is 35.3 Å². The van der Waals surface area contributed by atoms with Gasteiger partial charge in [0.05, 0.1) is 6.54 Å². The van der Waals surface area contributed by atoms with E-state index in [0.29, 0.717) is 35.9 Å². The fourth-order valence-electron chi connectivity index (χ4n) is 4.44. The van der Waals surface area contributed by atoms with Crippen LogP contribution in [0.4, 0.5) is 13.2 Å². The smallest absolute Gasteiger partial charge is 0.406 e. The lowest BCUT2D eigenvalue weighted by molar-refractivity contribution is -0.141. The summed E-state index contributed by atoms with van der Waals surface area (Å²) in [5.41, 5.74) is 2.24. The van der Waals surface area contributed by atoms with Crippen LogP contribution in [0.15, 0.2) is 24.3 Å². The van der Waals surface area contributed by atoms with Crippen LogP contribution in [-0.2, 0) is 6.54 Å². The summed E-state index contributed by atoms with van der Waals surface area (Å²) in [7, 11) is 0. The minimum absolute atomic E-state index is 0.0726. The molecule has 2 aliphatic rings. The number of likely N-dealkylation sites (tertiary alicyclic amines) is 1. The van der Waals surface area contributed by atoms with Crippen LogP contribution in [0.5, 0.6) is 11.5 Å². The molecule has 1 atom stereocenters. The lowest BCUT2D eigenvalue weighted by Gasteiger charge is -2.26. The number of benzene rings is 1. The Labute approximate surface area is 173 Å². The highest BCUT2D eigenvalue weighted by Gasteiger charge is 2.32. The SMILES string of the molecule is Cc1cc(C(=O)CN2CCCC2c2ccc3c(c2)OCCO3)c(C)n1CC(F)(F)F. The fourth-order valence-corrected chi connectivity index (χ4v) is 4.44. The molecule has 1 saturated heterocycles. The molecule has 30 heavy (non-hydrogen) atoms. The van der Waals surface area contributed by atoms with E-state index in [1.165, 1.54) is 0 Å². The Morgan fingerprint density at radius 3 is 2.60 bits per heavy atom. The van der Waals surface area contributed by atoms with Gasteiger partial charge >= 0.3 is 6.18 Å². The van der Waals surface area contributed by atoms with Gasteiger partial charge in [-0.3, -0.25) is 9.69 Å². The zero-order valence-electron chi connectivity index (χ0n) is 17.1. The van der Waals surface area contributed by atoms with Gasteiger partial charge in [-0.2, -0.15) is 13.2 Å². The van der Waals surface area contributed by atoms with Crippen LogP contribution >= 0.6 is 0 Å². The summed E-state index contributed by atoms with van der Waals surface area (Å²) < 4.78 is 51.0. The predicted octanol–water partition coefficient (Wildman–Crippen LogP) is 4.46. The van der Waals surface area contributed by atoms with Gasteiger partial charge in [0, 0.05) is 23.0 Å². The number of alkyl halides is 3. The van der Waals surface area contributed by atoms with Gasteiger partial charge in [0.2, 0.25) is 0 Å². The van der Waals surface area contributed by atoms with Crippen molar-refractivity contribution in [2.45, 2.75) is 45.5 Å². The van der Waals surface area contributed by atoms with Gasteiger partial charge in [-0.15, -0.1) is 0 Å². The maximum absolute atomic E-state index is 13.0. The number of hydrogen-bond donors (Lipinski definition) is 0. The third kappa shape index (κ3) is 4.19. The number of hydrogen-bond acceptors (Lipinski definition) is 4. The predicted molar refractivity (Wildman–Crippen MR) is 105 cm³/mol. The summed E-state index contributed by atoms with van der Waals surface area (Å²) in [6, 6.07) is 7.50. The Balaban J connectivity index is 1.51. The van der Waals surface area contributed by atoms with Gasteiger partial charge in [-0.1, -0.05) is 6.07 Å². The van der Waals surface area contributed by atoms with E-state index in [9.17, 15) is 18.0 Å². The van der Waals surface area contributed by atoms with E-state index >= 15 is 0 Å². The van der Waals surface area contributed by atoms with Crippen molar-refractivity contribution in [1.29, 1.82) is 0 Å². The quantitative estimate of drug-likeness (QED) is 0.668. The summed E-state index contributed by atoms with van der Waals surface area (Å²) in [5, 5.41) is 0. The van der Waals surface area contributed by atoms with E-state index in [1.54, 1.807) is 19.9 Å². The molecule has 0 spiro atoms. The molecule has 5 nitrogen and oxygen atoms in total. The summed E-state index contributed by atoms with van der Waals surface area (Å²) in [6.45, 7) is 4.08. The number of carbonyl (C=O) groups excluding carboxylic acids is 1. The Morgan fingerprint density at radius 2 is 1.87 bits per heavy atom. The molecule has 0 aliphatic carbocycles. The molecule has 162 valence electrons. The van der Waals surface area contributed by atoms with Crippen molar-refractivity contribution < 1.29 is 27.4 Å². The van der Waals surface area contributed by atoms with Crippen LogP contribution in [0, 0.1) is 13.8 Å². The van der Waals surface area contributed by atoms with Gasteiger partial charge in [-0.05, 0) is 57.0 Å². The van der Waals surface area contributed by atoms with Gasteiger partial charge < -0.3 is 14.0 Å². The highest BCUT2D eigenvalue weighted by molar-refractivity contribution is 5.99. The van der Waals surface area contributed by atoms with Crippen molar-refractivity contribution in [3.63, 3.8) is 0 Å². The third-order valence-corrected chi connectivity index (χ3v) is 5.87. The summed E-state index contributed by atoms with van der Waals surface area (Å²) in [4.78, 5) is 15.1. The monoisotopic (exact) mass is 422 g/mol. The number of aryl methyl sites for hydroxylation is 1. The average Bonchev–Trinajstić information content (AvgIpc) is 3.26. The van der Waals surface area contributed by atoms with Crippen molar-refractivity contribution in [2.24, 2.45) is 0 Å². The van der Waals surface area contributed by atoms with Gasteiger partial charge in [-0.25, -0.2) is 0 Å². The third-order valence-electron chi connectivity index (χ3n) is 5.87. The van der Waals surface area contributed by atoms with Crippen molar-refractivity contribution in [1.82, 2.24) is 9.47 Å². The lowest BCUT2D eigenvalue weighted by Crippen LogP contribution is -2.30. The Bertz CT molecular complexity index is 952. The van der Waals surface area contributed by atoms with Crippen LogP contribution in [0.1, 0.15) is 46.2 Å². The van der Waals surface area contributed by atoms with E-state index in [2.05, 4.69) is 4.90 Å². The number of ether oxygens (including phenoxy) is 2. The first-order valence-electron chi connectivity index (χ1n) is 10.1. The molecule has 0 saturated carbocycles. The van der Waals surface area contributed by atoms with Crippen LogP contribution in [0.25, 0.3) is 0 Å². The van der Waals surface area contributed by atoms with Gasteiger partial charge in [0.25, 0.3) is 0 Å². The number of fused-ring (bicyclic) bond motifs is 1. The first-order chi connectivity index (χ1) is 14.2. The van der Waals surface area contributed by atoms with E-state index in [-0.39, 0.29) is 18.4 Å². The molecule has 4 rings (SSSR count). The molecular weight excluding hydrogens is 397 g/mol.